The zero-order valence-corrected chi connectivity index (χ0v) is 11.4. The second-order valence-electron chi connectivity index (χ2n) is 5.04. The van der Waals surface area contributed by atoms with Gasteiger partial charge in [0.25, 0.3) is 0 Å². The number of hydrogen-bond donors (Lipinski definition) is 0. The van der Waals surface area contributed by atoms with E-state index in [1.54, 1.807) is 0 Å². The molecule has 90 valence electrons. The Bertz CT molecular complexity index is 496. The van der Waals surface area contributed by atoms with Crippen molar-refractivity contribution in [1.82, 2.24) is 0 Å². The zero-order valence-electron chi connectivity index (χ0n) is 9.86. The Morgan fingerprint density at radius 2 is 2.00 bits per heavy atom. The fraction of sp³-hybridized carbons (Fsp3) is 0.467. The first-order chi connectivity index (χ1) is 8.34. The number of hydrogen-bond acceptors (Lipinski definition) is 1. The summed E-state index contributed by atoms with van der Waals surface area (Å²) in [6.45, 7) is 0. The van der Waals surface area contributed by atoms with Crippen LogP contribution < -0.4 is 0 Å². The number of fused-ring (bicyclic) bond motifs is 1. The van der Waals surface area contributed by atoms with E-state index < -0.39 is 0 Å². The van der Waals surface area contributed by atoms with Gasteiger partial charge >= 0.3 is 0 Å². The van der Waals surface area contributed by atoms with Crippen molar-refractivity contribution in [2.75, 3.05) is 0 Å². The standard InChI is InChI=1S/C15H17ClS/c16-14(9-11-5-1-2-6-11)13-10-17-15-8-4-3-7-12(13)15/h3-4,7-8,10-11,14H,1-2,5-6,9H2. The maximum atomic E-state index is 6.61. The average molecular weight is 265 g/mol. The first-order valence-electron chi connectivity index (χ1n) is 6.45. The number of halogens is 1. The lowest BCUT2D eigenvalue weighted by Crippen LogP contribution is -1.99. The molecule has 1 aliphatic rings. The van der Waals surface area contributed by atoms with Gasteiger partial charge in [0.2, 0.25) is 0 Å². The van der Waals surface area contributed by atoms with E-state index in [-0.39, 0.29) is 5.38 Å². The van der Waals surface area contributed by atoms with Crippen LogP contribution in [-0.4, -0.2) is 0 Å². The summed E-state index contributed by atoms with van der Waals surface area (Å²) < 4.78 is 1.36. The Hall–Kier alpha value is -0.530. The second kappa shape index (κ2) is 4.99. The van der Waals surface area contributed by atoms with E-state index in [2.05, 4.69) is 29.6 Å². The molecule has 0 bridgehead atoms. The fourth-order valence-electron chi connectivity index (χ4n) is 2.91. The third-order valence-electron chi connectivity index (χ3n) is 3.86. The number of rotatable bonds is 3. The third-order valence-corrected chi connectivity index (χ3v) is 5.26. The summed E-state index contributed by atoms with van der Waals surface area (Å²) >= 11 is 8.43. The van der Waals surface area contributed by atoms with E-state index >= 15 is 0 Å². The van der Waals surface area contributed by atoms with Gasteiger partial charge in [0.1, 0.15) is 0 Å². The van der Waals surface area contributed by atoms with Crippen molar-refractivity contribution in [1.29, 1.82) is 0 Å². The SMILES string of the molecule is ClC(CC1CCCC1)c1csc2ccccc12. The van der Waals surface area contributed by atoms with Crippen LogP contribution in [0.4, 0.5) is 0 Å². The Labute approximate surface area is 112 Å². The van der Waals surface area contributed by atoms with E-state index in [1.807, 2.05) is 11.3 Å². The molecule has 1 unspecified atom stereocenters. The predicted octanol–water partition coefficient (Wildman–Crippen LogP) is 5.76. The largest absolute Gasteiger partial charge is 0.143 e. The summed E-state index contributed by atoms with van der Waals surface area (Å²) in [6, 6.07) is 8.59. The van der Waals surface area contributed by atoms with Crippen molar-refractivity contribution in [2.45, 2.75) is 37.5 Å². The normalized spacial score (nSPS) is 18.9. The van der Waals surface area contributed by atoms with Gasteiger partial charge in [-0.05, 0) is 34.7 Å². The Morgan fingerprint density at radius 1 is 1.24 bits per heavy atom. The topological polar surface area (TPSA) is 0 Å². The van der Waals surface area contributed by atoms with E-state index in [0.29, 0.717) is 0 Å². The molecule has 0 spiro atoms. The van der Waals surface area contributed by atoms with Crippen molar-refractivity contribution >= 4 is 33.0 Å². The first-order valence-corrected chi connectivity index (χ1v) is 7.76. The molecule has 17 heavy (non-hydrogen) atoms. The van der Waals surface area contributed by atoms with Crippen LogP contribution >= 0.6 is 22.9 Å². The molecule has 2 aromatic rings. The smallest absolute Gasteiger partial charge is 0.0602 e. The lowest BCUT2D eigenvalue weighted by atomic mass is 9.97. The van der Waals surface area contributed by atoms with Gasteiger partial charge < -0.3 is 0 Å². The summed E-state index contributed by atoms with van der Waals surface area (Å²) in [7, 11) is 0. The van der Waals surface area contributed by atoms with Gasteiger partial charge in [-0.1, -0.05) is 43.9 Å². The summed E-state index contributed by atoms with van der Waals surface area (Å²) in [5.74, 6) is 0.858. The minimum absolute atomic E-state index is 0.203. The molecule has 0 radical (unpaired) electrons. The van der Waals surface area contributed by atoms with Crippen LogP contribution in [0, 0.1) is 5.92 Å². The van der Waals surface area contributed by atoms with E-state index in [0.717, 1.165) is 12.3 Å². The van der Waals surface area contributed by atoms with E-state index in [4.69, 9.17) is 11.6 Å². The monoisotopic (exact) mass is 264 g/mol. The van der Waals surface area contributed by atoms with Crippen molar-refractivity contribution in [3.63, 3.8) is 0 Å². The Kier molecular flexibility index (Phi) is 3.39. The van der Waals surface area contributed by atoms with Gasteiger partial charge in [-0.25, -0.2) is 0 Å². The van der Waals surface area contributed by atoms with Crippen LogP contribution in [0.3, 0.4) is 0 Å². The lowest BCUT2D eigenvalue weighted by Gasteiger charge is -2.14. The molecule has 1 fully saturated rings. The Morgan fingerprint density at radius 3 is 2.82 bits per heavy atom. The molecular weight excluding hydrogens is 248 g/mol. The van der Waals surface area contributed by atoms with E-state index in [1.165, 1.54) is 41.3 Å². The van der Waals surface area contributed by atoms with E-state index in [9.17, 15) is 0 Å². The molecule has 0 amide bonds. The zero-order chi connectivity index (χ0) is 11.7. The van der Waals surface area contributed by atoms with Crippen LogP contribution in [-0.2, 0) is 0 Å². The van der Waals surface area contributed by atoms with Gasteiger partial charge in [0.05, 0.1) is 5.38 Å². The highest BCUT2D eigenvalue weighted by atomic mass is 35.5. The molecule has 0 N–H and O–H groups in total. The van der Waals surface area contributed by atoms with Gasteiger partial charge in [0, 0.05) is 4.70 Å². The summed E-state index contributed by atoms with van der Waals surface area (Å²) in [6.07, 6.45) is 6.72. The molecule has 3 rings (SSSR count). The first kappa shape index (κ1) is 11.6. The van der Waals surface area contributed by atoms with Crippen molar-refractivity contribution in [3.8, 4) is 0 Å². The Balaban J connectivity index is 1.82. The van der Waals surface area contributed by atoms with Gasteiger partial charge in [-0.2, -0.15) is 0 Å². The van der Waals surface area contributed by atoms with Gasteiger partial charge in [-0.15, -0.1) is 22.9 Å². The van der Waals surface area contributed by atoms with Crippen LogP contribution in [0.5, 0.6) is 0 Å². The maximum Gasteiger partial charge on any atom is 0.0602 e. The number of benzene rings is 1. The van der Waals surface area contributed by atoms with Crippen LogP contribution in [0.25, 0.3) is 10.1 Å². The summed E-state index contributed by atoms with van der Waals surface area (Å²) in [5.41, 5.74) is 1.35. The molecule has 0 aliphatic heterocycles. The fourth-order valence-corrected chi connectivity index (χ4v) is 4.43. The summed E-state index contributed by atoms with van der Waals surface area (Å²) in [5, 5.41) is 3.81. The average Bonchev–Trinajstić information content (AvgIpc) is 2.96. The quantitative estimate of drug-likeness (QED) is 0.618. The van der Waals surface area contributed by atoms with Gasteiger partial charge in [0.15, 0.2) is 0 Å². The minimum Gasteiger partial charge on any atom is -0.143 e. The second-order valence-corrected chi connectivity index (χ2v) is 6.48. The van der Waals surface area contributed by atoms with Crippen LogP contribution in [0.2, 0.25) is 0 Å². The highest BCUT2D eigenvalue weighted by molar-refractivity contribution is 7.17. The van der Waals surface area contributed by atoms with Crippen LogP contribution in [0.15, 0.2) is 29.6 Å². The molecule has 0 nitrogen and oxygen atoms in total. The maximum absolute atomic E-state index is 6.61. The molecule has 2 heteroatoms. The third kappa shape index (κ3) is 2.36. The summed E-state index contributed by atoms with van der Waals surface area (Å²) in [4.78, 5) is 0. The molecule has 1 aromatic heterocycles. The van der Waals surface area contributed by atoms with Gasteiger partial charge in [-0.3, -0.25) is 0 Å². The highest BCUT2D eigenvalue weighted by Crippen LogP contribution is 2.40. The molecule has 1 saturated carbocycles. The predicted molar refractivity (Wildman–Crippen MR) is 77.0 cm³/mol. The molecule has 1 atom stereocenters. The molecule has 1 aromatic carbocycles. The minimum atomic E-state index is 0.203. The lowest BCUT2D eigenvalue weighted by molar-refractivity contribution is 0.497. The number of alkyl halides is 1. The van der Waals surface area contributed by atoms with Crippen molar-refractivity contribution in [3.05, 3.63) is 35.2 Å². The van der Waals surface area contributed by atoms with Crippen molar-refractivity contribution < 1.29 is 0 Å². The molecule has 0 saturated heterocycles. The highest BCUT2D eigenvalue weighted by Gasteiger charge is 2.21. The molecular formula is C15H17ClS. The van der Waals surface area contributed by atoms with Crippen LogP contribution in [0.1, 0.15) is 43.0 Å². The molecule has 1 heterocycles. The molecule has 1 aliphatic carbocycles. The van der Waals surface area contributed by atoms with Crippen molar-refractivity contribution in [2.24, 2.45) is 5.92 Å². The number of thiophene rings is 1.